The van der Waals surface area contributed by atoms with Gasteiger partial charge in [-0.05, 0) is 41.7 Å². The molecule has 0 fully saturated rings. The third-order valence-corrected chi connectivity index (χ3v) is 7.29. The van der Waals surface area contributed by atoms with Crippen LogP contribution in [-0.4, -0.2) is 52.0 Å². The van der Waals surface area contributed by atoms with Gasteiger partial charge in [0.05, 0.1) is 4.92 Å². The number of benzene rings is 4. The van der Waals surface area contributed by atoms with E-state index in [4.69, 9.17) is 30.4 Å². The van der Waals surface area contributed by atoms with Crippen LogP contribution in [0.15, 0.2) is 120 Å². The first-order chi connectivity index (χ1) is 24.6. The van der Waals surface area contributed by atoms with Crippen molar-refractivity contribution in [1.29, 1.82) is 0 Å². The van der Waals surface area contributed by atoms with Crippen molar-refractivity contribution in [2.75, 3.05) is 6.54 Å². The van der Waals surface area contributed by atoms with Crippen LogP contribution in [0.3, 0.4) is 0 Å². The molecule has 4 aromatic carbocycles. The molecule has 0 spiro atoms. The highest BCUT2D eigenvalue weighted by Gasteiger charge is 2.60. The van der Waals surface area contributed by atoms with Crippen LogP contribution in [-0.2, 0) is 43.6 Å². The lowest BCUT2D eigenvalue weighted by atomic mass is 9.91. The van der Waals surface area contributed by atoms with E-state index in [0.29, 0.717) is 16.7 Å². The molecule has 51 heavy (non-hydrogen) atoms. The third kappa shape index (κ3) is 10.4. The SMILES string of the molecule is NC(N)=NCCC[C@@](C(=O)OCc1ccccc1)(C(=O)Oc1ccc([N+](=O)[O-])cc1)N(C(=O)OCc1ccccc1)C(=O)OCc1ccccc1. The molecule has 0 heterocycles. The first-order valence-corrected chi connectivity index (χ1v) is 15.5. The van der Waals surface area contributed by atoms with Crippen LogP contribution in [0.2, 0.25) is 0 Å². The number of aliphatic imine (C=N–C) groups is 1. The summed E-state index contributed by atoms with van der Waals surface area (Å²) in [5, 5.41) is 11.2. The number of ether oxygens (including phenoxy) is 4. The van der Waals surface area contributed by atoms with Gasteiger partial charge in [0.2, 0.25) is 0 Å². The van der Waals surface area contributed by atoms with E-state index in [1.54, 1.807) is 91.0 Å². The average molecular weight is 698 g/mol. The first kappa shape index (κ1) is 37.1. The van der Waals surface area contributed by atoms with Gasteiger partial charge >= 0.3 is 24.1 Å². The summed E-state index contributed by atoms with van der Waals surface area (Å²) in [7, 11) is 0. The number of hydrogen-bond acceptors (Lipinski definition) is 11. The number of guanidine groups is 1. The molecule has 4 aromatic rings. The molecule has 0 saturated carbocycles. The molecule has 15 heteroatoms. The van der Waals surface area contributed by atoms with E-state index >= 15 is 0 Å². The Morgan fingerprint density at radius 2 is 1.12 bits per heavy atom. The molecule has 264 valence electrons. The summed E-state index contributed by atoms with van der Waals surface area (Å²) < 4.78 is 22.2. The summed E-state index contributed by atoms with van der Waals surface area (Å²) in [5.74, 6) is -3.35. The molecule has 0 bridgehead atoms. The number of carbonyl (C=O) groups is 4. The highest BCUT2D eigenvalue weighted by Crippen LogP contribution is 2.31. The number of imide groups is 1. The smallest absolute Gasteiger partial charge is 0.421 e. The second-order valence-corrected chi connectivity index (χ2v) is 10.9. The minimum absolute atomic E-state index is 0.146. The summed E-state index contributed by atoms with van der Waals surface area (Å²) in [5.41, 5.74) is 9.37. The van der Waals surface area contributed by atoms with Crippen molar-refractivity contribution < 1.29 is 43.0 Å². The van der Waals surface area contributed by atoms with Gasteiger partial charge < -0.3 is 30.4 Å². The van der Waals surface area contributed by atoms with Crippen molar-refractivity contribution in [2.45, 2.75) is 38.2 Å². The number of amides is 2. The molecule has 15 nitrogen and oxygen atoms in total. The first-order valence-electron chi connectivity index (χ1n) is 15.5. The maximum atomic E-state index is 14.4. The maximum Gasteiger partial charge on any atom is 0.421 e. The van der Waals surface area contributed by atoms with Crippen molar-refractivity contribution in [3.05, 3.63) is 142 Å². The fraction of sp³-hybridized carbons (Fsp3) is 0.194. The van der Waals surface area contributed by atoms with Crippen LogP contribution in [0.4, 0.5) is 15.3 Å². The minimum atomic E-state index is -2.89. The minimum Gasteiger partial charge on any atom is -0.459 e. The zero-order valence-corrected chi connectivity index (χ0v) is 27.3. The van der Waals surface area contributed by atoms with E-state index in [0.717, 1.165) is 24.3 Å². The van der Waals surface area contributed by atoms with Crippen LogP contribution >= 0.6 is 0 Å². The van der Waals surface area contributed by atoms with Crippen molar-refractivity contribution >= 4 is 35.8 Å². The van der Waals surface area contributed by atoms with Crippen molar-refractivity contribution in [3.8, 4) is 5.75 Å². The quantitative estimate of drug-likeness (QED) is 0.0193. The number of non-ortho nitro benzene ring substituents is 1. The molecule has 0 radical (unpaired) electrons. The van der Waals surface area contributed by atoms with Gasteiger partial charge in [-0.25, -0.2) is 19.2 Å². The van der Waals surface area contributed by atoms with Crippen LogP contribution in [0.1, 0.15) is 29.5 Å². The number of nitro groups is 1. The summed E-state index contributed by atoms with van der Waals surface area (Å²) >= 11 is 0. The summed E-state index contributed by atoms with van der Waals surface area (Å²) in [6.07, 6.45) is -3.65. The number of rotatable bonds is 15. The molecule has 4 rings (SSSR count). The molecule has 1 atom stereocenters. The Bertz CT molecular complexity index is 1760. The zero-order valence-electron chi connectivity index (χ0n) is 27.3. The fourth-order valence-electron chi connectivity index (χ4n) is 4.75. The molecule has 0 aliphatic carbocycles. The zero-order chi connectivity index (χ0) is 36.6. The standard InChI is InChI=1S/C36H35N5O10/c37-33(38)39-22-10-21-36(31(42)48-23-26-11-4-1-5-12-26,32(43)51-30-19-17-29(18-20-30)41(46)47)40(34(44)49-24-27-13-6-2-7-14-27)35(45)50-25-28-15-8-3-9-16-28/h1-9,11-20H,10,21-25H2,(H4,37,38,39)/t36-/m1/s1. The molecule has 0 aliphatic heterocycles. The lowest BCUT2D eigenvalue weighted by Crippen LogP contribution is -2.66. The van der Waals surface area contributed by atoms with Gasteiger partial charge in [-0.15, -0.1) is 0 Å². The molecule has 0 unspecified atom stereocenters. The fourth-order valence-corrected chi connectivity index (χ4v) is 4.75. The molecular weight excluding hydrogens is 662 g/mol. The number of nitrogens with zero attached hydrogens (tertiary/aromatic N) is 3. The third-order valence-electron chi connectivity index (χ3n) is 7.29. The monoisotopic (exact) mass is 697 g/mol. The van der Waals surface area contributed by atoms with Gasteiger partial charge in [0, 0.05) is 18.7 Å². The van der Waals surface area contributed by atoms with E-state index in [9.17, 15) is 29.3 Å². The molecule has 4 N–H and O–H groups in total. The van der Waals surface area contributed by atoms with E-state index in [1.165, 1.54) is 0 Å². The van der Waals surface area contributed by atoms with Gasteiger partial charge in [0.15, 0.2) is 5.96 Å². The van der Waals surface area contributed by atoms with E-state index in [2.05, 4.69) is 4.99 Å². The lowest BCUT2D eigenvalue weighted by molar-refractivity contribution is -0.384. The Morgan fingerprint density at radius 1 is 0.667 bits per heavy atom. The van der Waals surface area contributed by atoms with Crippen LogP contribution in [0.25, 0.3) is 0 Å². The second-order valence-electron chi connectivity index (χ2n) is 10.9. The Labute approximate surface area is 292 Å². The predicted molar refractivity (Wildman–Crippen MR) is 183 cm³/mol. The molecule has 0 saturated heterocycles. The topological polar surface area (TPSA) is 216 Å². The molecule has 0 aliphatic rings. The number of carbonyl (C=O) groups excluding carboxylic acids is 4. The summed E-state index contributed by atoms with van der Waals surface area (Å²) in [6, 6.07) is 29.7. The van der Waals surface area contributed by atoms with Gasteiger partial charge in [0.25, 0.3) is 11.2 Å². The van der Waals surface area contributed by atoms with Crippen molar-refractivity contribution in [1.82, 2.24) is 4.90 Å². The lowest BCUT2D eigenvalue weighted by Gasteiger charge is -2.36. The number of esters is 2. The van der Waals surface area contributed by atoms with Crippen molar-refractivity contribution in [2.24, 2.45) is 16.5 Å². The Hall–Kier alpha value is -6.77. The van der Waals surface area contributed by atoms with Crippen molar-refractivity contribution in [3.63, 3.8) is 0 Å². The summed E-state index contributed by atoms with van der Waals surface area (Å²) in [4.78, 5) is 71.6. The number of nitrogens with two attached hydrogens (primary N) is 2. The number of nitro benzene ring substituents is 1. The molecule has 2 amide bonds. The van der Waals surface area contributed by atoms with Gasteiger partial charge in [0.1, 0.15) is 25.6 Å². The Morgan fingerprint density at radius 3 is 1.55 bits per heavy atom. The normalized spacial score (nSPS) is 11.6. The van der Waals surface area contributed by atoms with E-state index < -0.39 is 41.0 Å². The van der Waals surface area contributed by atoms with E-state index in [1.807, 2.05) is 0 Å². The van der Waals surface area contributed by atoms with Gasteiger partial charge in [-0.2, -0.15) is 4.90 Å². The van der Waals surface area contributed by atoms with E-state index in [-0.39, 0.29) is 55.1 Å². The largest absolute Gasteiger partial charge is 0.459 e. The van der Waals surface area contributed by atoms with Gasteiger partial charge in [-0.3, -0.25) is 15.1 Å². The van der Waals surface area contributed by atoms with Crippen LogP contribution < -0.4 is 16.2 Å². The Kier molecular flexibility index (Phi) is 13.2. The van der Waals surface area contributed by atoms with Crippen LogP contribution in [0.5, 0.6) is 5.75 Å². The number of hydrogen-bond donors (Lipinski definition) is 2. The molecular formula is C36H35N5O10. The second kappa shape index (κ2) is 18.1. The maximum absolute atomic E-state index is 14.4. The highest BCUT2D eigenvalue weighted by atomic mass is 16.6. The summed E-state index contributed by atoms with van der Waals surface area (Å²) in [6.45, 7) is -1.23. The highest BCUT2D eigenvalue weighted by molar-refractivity contribution is 6.12. The predicted octanol–water partition coefficient (Wildman–Crippen LogP) is 5.01. The van der Waals surface area contributed by atoms with Crippen LogP contribution in [0, 0.1) is 10.1 Å². The Balaban J connectivity index is 1.82. The van der Waals surface area contributed by atoms with Gasteiger partial charge in [-0.1, -0.05) is 91.0 Å². The molecule has 0 aromatic heterocycles. The average Bonchev–Trinajstić information content (AvgIpc) is 3.14.